The fourth-order valence-corrected chi connectivity index (χ4v) is 0.429. The molecule has 54 valence electrons. The molecule has 1 N–H and O–H groups in total. The SMILES string of the molecule is C=N/C=C\C(=C/C)NC=O. The number of carbonyl (C=O) groups excluding carboxylic acids is 1. The van der Waals surface area contributed by atoms with Crippen molar-refractivity contribution < 1.29 is 4.79 Å². The lowest BCUT2D eigenvalue weighted by atomic mass is 10.4. The number of amides is 1. The van der Waals surface area contributed by atoms with Gasteiger partial charge in [0.2, 0.25) is 6.41 Å². The maximum Gasteiger partial charge on any atom is 0.211 e. The molecule has 0 fully saturated rings. The Bertz CT molecular complexity index is 170. The van der Waals surface area contributed by atoms with E-state index in [1.807, 2.05) is 6.92 Å². The smallest absolute Gasteiger partial charge is 0.211 e. The summed E-state index contributed by atoms with van der Waals surface area (Å²) in [6, 6.07) is 0. The maximum absolute atomic E-state index is 9.91. The predicted octanol–water partition coefficient (Wildman–Crippen LogP) is 0.850. The first-order valence-electron chi connectivity index (χ1n) is 2.84. The average molecular weight is 138 g/mol. The molecule has 0 unspecified atom stereocenters. The highest BCUT2D eigenvalue weighted by Gasteiger charge is 1.82. The molecule has 0 rings (SSSR count). The van der Waals surface area contributed by atoms with Crippen LogP contribution >= 0.6 is 0 Å². The molecule has 0 spiro atoms. The van der Waals surface area contributed by atoms with Crippen LogP contribution in [-0.2, 0) is 4.79 Å². The minimum Gasteiger partial charge on any atom is -0.329 e. The number of nitrogens with zero attached hydrogens (tertiary/aromatic N) is 1. The molecule has 0 aliphatic carbocycles. The molecule has 1 amide bonds. The standard InChI is InChI=1S/C7H10N2O/c1-3-7(9-6-10)4-5-8-2/h3-6H,2H2,1H3,(H,9,10)/b5-4-,7-3+. The largest absolute Gasteiger partial charge is 0.329 e. The summed E-state index contributed by atoms with van der Waals surface area (Å²) in [5.74, 6) is 0. The molecule has 0 aliphatic heterocycles. The molecule has 0 atom stereocenters. The highest BCUT2D eigenvalue weighted by atomic mass is 16.1. The molecule has 0 saturated heterocycles. The zero-order valence-corrected chi connectivity index (χ0v) is 5.87. The molecular weight excluding hydrogens is 128 g/mol. The second kappa shape index (κ2) is 5.75. The van der Waals surface area contributed by atoms with E-state index in [4.69, 9.17) is 0 Å². The Balaban J connectivity index is 3.95. The number of rotatable bonds is 4. The van der Waals surface area contributed by atoms with Crippen molar-refractivity contribution in [3.05, 3.63) is 24.0 Å². The fraction of sp³-hybridized carbons (Fsp3) is 0.143. The van der Waals surface area contributed by atoms with Crippen molar-refractivity contribution in [2.24, 2.45) is 4.99 Å². The van der Waals surface area contributed by atoms with Crippen LogP contribution in [0.3, 0.4) is 0 Å². The van der Waals surface area contributed by atoms with Crippen molar-refractivity contribution in [3.8, 4) is 0 Å². The van der Waals surface area contributed by atoms with E-state index in [1.165, 1.54) is 6.20 Å². The number of nitrogens with one attached hydrogen (secondary N) is 1. The molecule has 3 heteroatoms. The van der Waals surface area contributed by atoms with Crippen LogP contribution < -0.4 is 5.32 Å². The Morgan fingerprint density at radius 2 is 2.40 bits per heavy atom. The lowest BCUT2D eigenvalue weighted by Crippen LogP contribution is -2.07. The summed E-state index contributed by atoms with van der Waals surface area (Å²) in [6.07, 6.45) is 5.53. The van der Waals surface area contributed by atoms with Gasteiger partial charge in [-0.15, -0.1) is 0 Å². The summed E-state index contributed by atoms with van der Waals surface area (Å²) < 4.78 is 0. The number of allylic oxidation sites excluding steroid dienone is 2. The van der Waals surface area contributed by atoms with E-state index in [9.17, 15) is 4.79 Å². The molecule has 10 heavy (non-hydrogen) atoms. The molecule has 0 aromatic rings. The van der Waals surface area contributed by atoms with Crippen molar-refractivity contribution in [2.45, 2.75) is 6.92 Å². The second-order valence-corrected chi connectivity index (χ2v) is 1.50. The Morgan fingerprint density at radius 3 is 2.80 bits per heavy atom. The summed E-state index contributed by atoms with van der Waals surface area (Å²) in [6.45, 7) is 5.07. The van der Waals surface area contributed by atoms with E-state index >= 15 is 0 Å². The monoisotopic (exact) mass is 138 g/mol. The average Bonchev–Trinajstić information content (AvgIpc) is 1.98. The van der Waals surface area contributed by atoms with Crippen molar-refractivity contribution in [1.82, 2.24) is 5.32 Å². The van der Waals surface area contributed by atoms with Gasteiger partial charge in [-0.3, -0.25) is 9.79 Å². The van der Waals surface area contributed by atoms with Crippen LogP contribution in [0.15, 0.2) is 29.0 Å². The van der Waals surface area contributed by atoms with Gasteiger partial charge in [0.1, 0.15) is 0 Å². The zero-order valence-electron chi connectivity index (χ0n) is 5.87. The van der Waals surface area contributed by atoms with Gasteiger partial charge in [-0.1, -0.05) is 6.08 Å². The molecule has 0 heterocycles. The first-order chi connectivity index (χ1) is 4.85. The highest BCUT2D eigenvalue weighted by molar-refractivity contribution is 5.51. The number of carbonyl (C=O) groups is 1. The number of hydrogen-bond acceptors (Lipinski definition) is 2. The zero-order chi connectivity index (χ0) is 7.82. The van der Waals surface area contributed by atoms with Gasteiger partial charge in [-0.05, 0) is 19.7 Å². The molecule has 0 bridgehead atoms. The Kier molecular flexibility index (Phi) is 4.96. The van der Waals surface area contributed by atoms with E-state index in [0.29, 0.717) is 12.1 Å². The Labute approximate surface area is 60.2 Å². The van der Waals surface area contributed by atoms with Crippen molar-refractivity contribution >= 4 is 13.1 Å². The third-order valence-electron chi connectivity index (χ3n) is 0.896. The first-order valence-corrected chi connectivity index (χ1v) is 2.84. The molecular formula is C7H10N2O. The van der Waals surface area contributed by atoms with Crippen LogP contribution in [0.5, 0.6) is 0 Å². The van der Waals surface area contributed by atoms with E-state index in [2.05, 4.69) is 17.0 Å². The second-order valence-electron chi connectivity index (χ2n) is 1.50. The molecule has 3 nitrogen and oxygen atoms in total. The van der Waals surface area contributed by atoms with Crippen LogP contribution in [0, 0.1) is 0 Å². The van der Waals surface area contributed by atoms with Crippen molar-refractivity contribution in [2.75, 3.05) is 0 Å². The Morgan fingerprint density at radius 1 is 1.70 bits per heavy atom. The lowest BCUT2D eigenvalue weighted by Gasteiger charge is -1.93. The van der Waals surface area contributed by atoms with Crippen molar-refractivity contribution in [1.29, 1.82) is 0 Å². The normalized spacial score (nSPS) is 11.5. The third kappa shape index (κ3) is 3.60. The van der Waals surface area contributed by atoms with Gasteiger partial charge in [0.25, 0.3) is 0 Å². The van der Waals surface area contributed by atoms with Crippen LogP contribution in [0.25, 0.3) is 0 Å². The number of hydrogen-bond donors (Lipinski definition) is 1. The van der Waals surface area contributed by atoms with Crippen LogP contribution in [0.4, 0.5) is 0 Å². The third-order valence-corrected chi connectivity index (χ3v) is 0.896. The fourth-order valence-electron chi connectivity index (χ4n) is 0.429. The molecule has 0 saturated carbocycles. The van der Waals surface area contributed by atoms with E-state index < -0.39 is 0 Å². The summed E-state index contributed by atoms with van der Waals surface area (Å²) >= 11 is 0. The van der Waals surface area contributed by atoms with E-state index in [0.717, 1.165) is 0 Å². The quantitative estimate of drug-likeness (QED) is 0.349. The van der Waals surface area contributed by atoms with Gasteiger partial charge in [-0.2, -0.15) is 0 Å². The summed E-state index contributed by atoms with van der Waals surface area (Å²) in [5, 5.41) is 2.47. The summed E-state index contributed by atoms with van der Waals surface area (Å²) in [4.78, 5) is 13.4. The van der Waals surface area contributed by atoms with Gasteiger partial charge >= 0.3 is 0 Å². The minimum absolute atomic E-state index is 0.614. The predicted molar refractivity (Wildman–Crippen MR) is 41.6 cm³/mol. The van der Waals surface area contributed by atoms with Gasteiger partial charge in [0.05, 0.1) is 0 Å². The van der Waals surface area contributed by atoms with E-state index in [-0.39, 0.29) is 0 Å². The Hall–Kier alpha value is -1.38. The van der Waals surface area contributed by atoms with Crippen LogP contribution in [-0.4, -0.2) is 13.1 Å². The highest BCUT2D eigenvalue weighted by Crippen LogP contribution is 1.88. The lowest BCUT2D eigenvalue weighted by molar-refractivity contribution is -0.108. The molecule has 0 radical (unpaired) electrons. The molecule has 0 aliphatic rings. The van der Waals surface area contributed by atoms with Gasteiger partial charge in [-0.25, -0.2) is 0 Å². The van der Waals surface area contributed by atoms with Crippen molar-refractivity contribution in [3.63, 3.8) is 0 Å². The van der Waals surface area contributed by atoms with Crippen LogP contribution in [0.2, 0.25) is 0 Å². The number of aliphatic imine (C=N–C) groups is 1. The van der Waals surface area contributed by atoms with Gasteiger partial charge < -0.3 is 5.32 Å². The van der Waals surface area contributed by atoms with Crippen LogP contribution in [0.1, 0.15) is 6.92 Å². The molecule has 0 aromatic heterocycles. The minimum atomic E-state index is 0.614. The summed E-state index contributed by atoms with van der Waals surface area (Å²) in [5.41, 5.74) is 0.711. The van der Waals surface area contributed by atoms with Gasteiger partial charge in [0.15, 0.2) is 0 Å². The maximum atomic E-state index is 9.91. The topological polar surface area (TPSA) is 41.5 Å². The van der Waals surface area contributed by atoms with E-state index in [1.54, 1.807) is 12.2 Å². The first kappa shape index (κ1) is 8.62. The summed E-state index contributed by atoms with van der Waals surface area (Å²) in [7, 11) is 0. The molecule has 0 aromatic carbocycles. The van der Waals surface area contributed by atoms with Gasteiger partial charge in [0, 0.05) is 11.9 Å².